The van der Waals surface area contributed by atoms with Crippen molar-refractivity contribution < 1.29 is 14.3 Å². The van der Waals surface area contributed by atoms with Gasteiger partial charge in [-0.25, -0.2) is 0 Å². The smallest absolute Gasteiger partial charge is 0.156 e. The molecule has 0 spiro atoms. The van der Waals surface area contributed by atoms with Crippen LogP contribution >= 0.6 is 23.2 Å². The van der Waals surface area contributed by atoms with Crippen LogP contribution in [0.1, 0.15) is 22.3 Å². The zero-order valence-electron chi connectivity index (χ0n) is 12.1. The summed E-state index contributed by atoms with van der Waals surface area (Å²) in [5, 5.41) is 1.02. The fraction of sp³-hybridized carbons (Fsp3) is 0.235. The van der Waals surface area contributed by atoms with E-state index in [1.807, 2.05) is 19.1 Å². The Hall–Kier alpha value is -1.71. The van der Waals surface area contributed by atoms with Crippen LogP contribution in [0.25, 0.3) is 0 Å². The molecule has 0 heterocycles. The number of carbonyl (C=O) groups is 1. The summed E-state index contributed by atoms with van der Waals surface area (Å²) in [4.78, 5) is 10.5. The van der Waals surface area contributed by atoms with Gasteiger partial charge >= 0.3 is 0 Å². The van der Waals surface area contributed by atoms with Crippen LogP contribution in [0.5, 0.6) is 11.5 Å². The molecule has 0 N–H and O–H groups in total. The van der Waals surface area contributed by atoms with Gasteiger partial charge in [0.15, 0.2) is 5.75 Å². The number of hydrogen-bond acceptors (Lipinski definition) is 3. The molecule has 0 amide bonds. The van der Waals surface area contributed by atoms with Crippen LogP contribution < -0.4 is 9.47 Å². The molecule has 0 saturated heterocycles. The third-order valence-corrected chi connectivity index (χ3v) is 3.52. The van der Waals surface area contributed by atoms with Crippen molar-refractivity contribution in [3.8, 4) is 11.5 Å². The zero-order valence-corrected chi connectivity index (χ0v) is 13.7. The van der Waals surface area contributed by atoms with Crippen molar-refractivity contribution in [2.75, 3.05) is 13.2 Å². The topological polar surface area (TPSA) is 35.5 Å². The van der Waals surface area contributed by atoms with Gasteiger partial charge in [-0.15, -0.1) is 0 Å². The van der Waals surface area contributed by atoms with E-state index in [-0.39, 0.29) is 0 Å². The third-order valence-electron chi connectivity index (χ3n) is 2.96. The lowest BCUT2D eigenvalue weighted by molar-refractivity contribution is 0.112. The Morgan fingerprint density at radius 3 is 2.18 bits per heavy atom. The van der Waals surface area contributed by atoms with E-state index in [1.54, 1.807) is 24.3 Å². The lowest BCUT2D eigenvalue weighted by Crippen LogP contribution is -2.05. The molecule has 2 rings (SSSR count). The van der Waals surface area contributed by atoms with Gasteiger partial charge in [0.05, 0.1) is 23.3 Å². The minimum atomic E-state index is 0.453. The first-order chi connectivity index (χ1) is 10.6. The van der Waals surface area contributed by atoms with Crippen LogP contribution in [0.4, 0.5) is 0 Å². The van der Waals surface area contributed by atoms with Crippen molar-refractivity contribution in [1.82, 2.24) is 0 Å². The van der Waals surface area contributed by atoms with Gasteiger partial charge in [0, 0.05) is 12.0 Å². The molecule has 3 nitrogen and oxygen atoms in total. The van der Waals surface area contributed by atoms with Crippen molar-refractivity contribution in [2.45, 2.75) is 13.3 Å². The molecule has 0 aliphatic rings. The molecule has 2 aromatic rings. The highest BCUT2D eigenvalue weighted by Gasteiger charge is 2.08. The molecule has 0 aliphatic heterocycles. The second kappa shape index (κ2) is 8.06. The molecule has 0 unspecified atom stereocenters. The number of ether oxygens (including phenoxy) is 2. The van der Waals surface area contributed by atoms with Gasteiger partial charge in [-0.1, -0.05) is 23.2 Å². The van der Waals surface area contributed by atoms with Crippen LogP contribution in [-0.4, -0.2) is 19.5 Å². The normalized spacial score (nSPS) is 10.3. The summed E-state index contributed by atoms with van der Waals surface area (Å²) >= 11 is 12.2. The van der Waals surface area contributed by atoms with Crippen molar-refractivity contribution in [2.24, 2.45) is 0 Å². The minimum Gasteiger partial charge on any atom is -0.493 e. The first-order valence-electron chi connectivity index (χ1n) is 6.86. The predicted octanol–water partition coefficient (Wildman–Crippen LogP) is 4.96. The lowest BCUT2D eigenvalue weighted by atomic mass is 10.2. The molecule has 0 radical (unpaired) electrons. The standard InChI is InChI=1S/C17H16Cl2O3/c1-12-9-15(18)17(16(19)10-12)22-8-2-7-21-14-5-3-13(11-20)4-6-14/h3-6,9-11H,2,7-8H2,1H3. The highest BCUT2D eigenvalue weighted by molar-refractivity contribution is 6.37. The molecule has 0 atom stereocenters. The van der Waals surface area contributed by atoms with Crippen molar-refractivity contribution >= 4 is 29.5 Å². The van der Waals surface area contributed by atoms with E-state index in [0.717, 1.165) is 17.6 Å². The number of aldehydes is 1. The first-order valence-corrected chi connectivity index (χ1v) is 7.62. The number of hydrogen-bond donors (Lipinski definition) is 0. The molecule has 2 aromatic carbocycles. The van der Waals surface area contributed by atoms with Crippen LogP contribution in [-0.2, 0) is 0 Å². The molecule has 0 fully saturated rings. The number of rotatable bonds is 7. The van der Waals surface area contributed by atoms with Gasteiger partial charge < -0.3 is 9.47 Å². The molecule has 0 aliphatic carbocycles. The molecule has 0 aromatic heterocycles. The van der Waals surface area contributed by atoms with E-state index in [2.05, 4.69) is 0 Å². The molecule has 22 heavy (non-hydrogen) atoms. The fourth-order valence-corrected chi connectivity index (χ4v) is 2.60. The number of halogens is 2. The van der Waals surface area contributed by atoms with Crippen molar-refractivity contribution in [1.29, 1.82) is 0 Å². The number of carbonyl (C=O) groups excluding carboxylic acids is 1. The molecule has 116 valence electrons. The Labute approximate surface area is 139 Å². The Balaban J connectivity index is 1.76. The van der Waals surface area contributed by atoms with Crippen molar-refractivity contribution in [3.05, 3.63) is 57.6 Å². The monoisotopic (exact) mass is 338 g/mol. The summed E-state index contributed by atoms with van der Waals surface area (Å²) in [7, 11) is 0. The quantitative estimate of drug-likeness (QED) is 0.528. The molecule has 0 saturated carbocycles. The lowest BCUT2D eigenvalue weighted by Gasteiger charge is -2.11. The highest BCUT2D eigenvalue weighted by atomic mass is 35.5. The highest BCUT2D eigenvalue weighted by Crippen LogP contribution is 2.34. The maximum Gasteiger partial charge on any atom is 0.156 e. The summed E-state index contributed by atoms with van der Waals surface area (Å²) in [6.45, 7) is 2.88. The molecule has 0 bridgehead atoms. The van der Waals surface area contributed by atoms with Crippen LogP contribution in [0.2, 0.25) is 10.0 Å². The molecule has 5 heteroatoms. The first kappa shape index (κ1) is 16.7. The van der Waals surface area contributed by atoms with Crippen LogP contribution in [0, 0.1) is 6.92 Å². The maximum atomic E-state index is 10.5. The summed E-state index contributed by atoms with van der Waals surface area (Å²) in [6, 6.07) is 10.6. The van der Waals surface area contributed by atoms with E-state index in [9.17, 15) is 4.79 Å². The van der Waals surface area contributed by atoms with Gasteiger partial charge in [-0.3, -0.25) is 4.79 Å². The number of benzene rings is 2. The Bertz CT molecular complexity index is 616. The van der Waals surface area contributed by atoms with Gasteiger partial charge in [-0.05, 0) is 48.9 Å². The maximum absolute atomic E-state index is 10.5. The minimum absolute atomic E-state index is 0.453. The largest absolute Gasteiger partial charge is 0.493 e. The summed E-state index contributed by atoms with van der Waals surface area (Å²) in [5.41, 5.74) is 1.61. The molecular weight excluding hydrogens is 323 g/mol. The second-order valence-corrected chi connectivity index (χ2v) is 5.61. The van der Waals surface area contributed by atoms with E-state index >= 15 is 0 Å². The summed E-state index contributed by atoms with van der Waals surface area (Å²) in [6.07, 6.45) is 1.49. The number of aryl methyl sites for hydroxylation is 1. The predicted molar refractivity (Wildman–Crippen MR) is 88.6 cm³/mol. The van der Waals surface area contributed by atoms with Crippen LogP contribution in [0.15, 0.2) is 36.4 Å². The Morgan fingerprint density at radius 2 is 1.59 bits per heavy atom. The Morgan fingerprint density at radius 1 is 1.00 bits per heavy atom. The average molecular weight is 339 g/mol. The average Bonchev–Trinajstić information content (AvgIpc) is 2.49. The SMILES string of the molecule is Cc1cc(Cl)c(OCCCOc2ccc(C=O)cc2)c(Cl)c1. The van der Waals surface area contributed by atoms with E-state index in [1.165, 1.54) is 0 Å². The van der Waals surface area contributed by atoms with E-state index < -0.39 is 0 Å². The van der Waals surface area contributed by atoms with Gasteiger partial charge in [0.2, 0.25) is 0 Å². The van der Waals surface area contributed by atoms with Gasteiger partial charge in [0.1, 0.15) is 12.0 Å². The van der Waals surface area contributed by atoms with E-state index in [4.69, 9.17) is 32.7 Å². The van der Waals surface area contributed by atoms with Crippen LogP contribution in [0.3, 0.4) is 0 Å². The second-order valence-electron chi connectivity index (χ2n) is 4.80. The molecular formula is C17H16Cl2O3. The summed E-state index contributed by atoms with van der Waals surface area (Å²) in [5.74, 6) is 1.22. The summed E-state index contributed by atoms with van der Waals surface area (Å²) < 4.78 is 11.2. The Kier molecular flexibility index (Phi) is 6.10. The van der Waals surface area contributed by atoms with Gasteiger partial charge in [0.25, 0.3) is 0 Å². The van der Waals surface area contributed by atoms with E-state index in [0.29, 0.717) is 41.0 Å². The zero-order chi connectivity index (χ0) is 15.9. The fourth-order valence-electron chi connectivity index (χ4n) is 1.89. The third kappa shape index (κ3) is 4.65. The van der Waals surface area contributed by atoms with Crippen molar-refractivity contribution in [3.63, 3.8) is 0 Å². The van der Waals surface area contributed by atoms with Gasteiger partial charge in [-0.2, -0.15) is 0 Å².